The van der Waals surface area contributed by atoms with Gasteiger partial charge in [0.25, 0.3) is 11.6 Å². The summed E-state index contributed by atoms with van der Waals surface area (Å²) in [6.45, 7) is 2.01. The summed E-state index contributed by atoms with van der Waals surface area (Å²) in [6, 6.07) is 21.5. The van der Waals surface area contributed by atoms with Crippen LogP contribution in [0.15, 0.2) is 83.3 Å². The van der Waals surface area contributed by atoms with Gasteiger partial charge in [-0.05, 0) is 48.9 Å². The third-order valence-electron chi connectivity index (χ3n) is 4.89. The molecule has 1 heterocycles. The third-order valence-corrected chi connectivity index (χ3v) is 4.89. The van der Waals surface area contributed by atoms with E-state index in [0.717, 1.165) is 5.56 Å². The van der Waals surface area contributed by atoms with Gasteiger partial charge in [-0.1, -0.05) is 18.2 Å². The van der Waals surface area contributed by atoms with Crippen molar-refractivity contribution in [2.24, 2.45) is 0 Å². The Balaban J connectivity index is 1.45. The van der Waals surface area contributed by atoms with Crippen LogP contribution in [-0.4, -0.2) is 17.9 Å². The van der Waals surface area contributed by atoms with E-state index in [1.54, 1.807) is 49.6 Å². The summed E-state index contributed by atoms with van der Waals surface area (Å²) in [6.07, 6.45) is 0. The van der Waals surface area contributed by atoms with Gasteiger partial charge in [0.2, 0.25) is 0 Å². The Morgan fingerprint density at radius 3 is 2.49 bits per heavy atom. The lowest BCUT2D eigenvalue weighted by Gasteiger charge is -2.09. The molecule has 1 N–H and O–H groups in total. The molecule has 9 heteroatoms. The number of anilines is 1. The summed E-state index contributed by atoms with van der Waals surface area (Å²) in [7, 11) is 1.57. The molecule has 9 nitrogen and oxygen atoms in total. The van der Waals surface area contributed by atoms with E-state index in [-0.39, 0.29) is 29.5 Å². The number of aryl methyl sites for hydroxylation is 1. The molecule has 178 valence electrons. The molecule has 0 atom stereocenters. The highest BCUT2D eigenvalue weighted by molar-refractivity contribution is 6.02. The Hall–Kier alpha value is -4.79. The Kier molecular flexibility index (Phi) is 6.96. The third kappa shape index (κ3) is 6.17. The second-order valence-corrected chi connectivity index (χ2v) is 7.58. The second-order valence-electron chi connectivity index (χ2n) is 7.58. The molecule has 0 fully saturated rings. The Bertz CT molecular complexity index is 1360. The number of nitrogens with one attached hydrogen (secondary N) is 1. The molecule has 1 aromatic heterocycles. The van der Waals surface area contributed by atoms with Crippen LogP contribution in [0.4, 0.5) is 11.4 Å². The van der Waals surface area contributed by atoms with E-state index >= 15 is 0 Å². The summed E-state index contributed by atoms with van der Waals surface area (Å²) >= 11 is 0. The minimum Gasteiger partial charge on any atom is -0.497 e. The molecule has 0 radical (unpaired) electrons. The molecule has 4 rings (SSSR count). The van der Waals surface area contributed by atoms with Crippen molar-refractivity contribution in [1.82, 2.24) is 0 Å². The number of carbonyl (C=O) groups is 1. The number of non-ortho nitro benzene ring substituents is 1. The van der Waals surface area contributed by atoms with Gasteiger partial charge in [-0.3, -0.25) is 14.9 Å². The largest absolute Gasteiger partial charge is 0.497 e. The lowest BCUT2D eigenvalue weighted by molar-refractivity contribution is -0.384. The molecule has 0 unspecified atom stereocenters. The summed E-state index contributed by atoms with van der Waals surface area (Å²) < 4.78 is 22.2. The highest BCUT2D eigenvalue weighted by Gasteiger charge is 2.16. The van der Waals surface area contributed by atoms with Crippen molar-refractivity contribution in [3.05, 3.63) is 106 Å². The lowest BCUT2D eigenvalue weighted by atomic mass is 10.2. The van der Waals surface area contributed by atoms with E-state index in [1.165, 1.54) is 24.3 Å². The van der Waals surface area contributed by atoms with Crippen LogP contribution in [0.1, 0.15) is 21.9 Å². The van der Waals surface area contributed by atoms with Gasteiger partial charge in [-0.25, -0.2) is 0 Å². The summed E-state index contributed by atoms with van der Waals surface area (Å²) in [4.78, 5) is 23.5. The number of nitrogens with zero attached hydrogens (tertiary/aromatic N) is 1. The highest BCUT2D eigenvalue weighted by Crippen LogP contribution is 2.30. The number of rotatable bonds is 9. The van der Waals surface area contributed by atoms with Crippen molar-refractivity contribution in [3.8, 4) is 23.0 Å². The van der Waals surface area contributed by atoms with Crippen molar-refractivity contribution in [2.75, 3.05) is 12.4 Å². The van der Waals surface area contributed by atoms with Gasteiger partial charge in [-0.15, -0.1) is 0 Å². The molecule has 0 aliphatic carbocycles. The van der Waals surface area contributed by atoms with Crippen LogP contribution in [0.5, 0.6) is 23.0 Å². The molecule has 35 heavy (non-hydrogen) atoms. The molecule has 0 saturated carbocycles. The first-order chi connectivity index (χ1) is 16.9. The number of ether oxygens (including phenoxy) is 3. The number of amides is 1. The number of furan rings is 1. The van der Waals surface area contributed by atoms with Crippen molar-refractivity contribution >= 4 is 17.3 Å². The number of benzene rings is 3. The molecule has 0 aliphatic heterocycles. The van der Waals surface area contributed by atoms with Crippen LogP contribution < -0.4 is 19.5 Å². The molecule has 0 spiro atoms. The van der Waals surface area contributed by atoms with E-state index < -0.39 is 10.8 Å². The summed E-state index contributed by atoms with van der Waals surface area (Å²) in [5, 5.41) is 14.0. The van der Waals surface area contributed by atoms with Crippen molar-refractivity contribution in [1.29, 1.82) is 0 Å². The van der Waals surface area contributed by atoms with Crippen molar-refractivity contribution < 1.29 is 28.3 Å². The quantitative estimate of drug-likeness (QED) is 0.229. The smallest absolute Gasteiger partial charge is 0.291 e. The maximum Gasteiger partial charge on any atom is 0.291 e. The van der Waals surface area contributed by atoms with Gasteiger partial charge in [-0.2, -0.15) is 0 Å². The molecule has 3 aromatic carbocycles. The zero-order valence-corrected chi connectivity index (χ0v) is 19.0. The van der Waals surface area contributed by atoms with Gasteiger partial charge in [0.15, 0.2) is 5.76 Å². The lowest BCUT2D eigenvalue weighted by Crippen LogP contribution is -2.11. The molecule has 4 aromatic rings. The Labute approximate surface area is 201 Å². The van der Waals surface area contributed by atoms with E-state index in [4.69, 9.17) is 18.6 Å². The van der Waals surface area contributed by atoms with Crippen LogP contribution >= 0.6 is 0 Å². The predicted molar refractivity (Wildman–Crippen MR) is 128 cm³/mol. The van der Waals surface area contributed by atoms with Gasteiger partial charge < -0.3 is 23.9 Å². The van der Waals surface area contributed by atoms with Crippen molar-refractivity contribution in [3.63, 3.8) is 0 Å². The molecule has 0 aliphatic rings. The monoisotopic (exact) mass is 474 g/mol. The fraction of sp³-hybridized carbons (Fsp3) is 0.115. The normalized spacial score (nSPS) is 10.5. The summed E-state index contributed by atoms with van der Waals surface area (Å²) in [5.74, 6) is 1.87. The molecule has 0 bridgehead atoms. The molecule has 0 saturated heterocycles. The topological polar surface area (TPSA) is 113 Å². The second kappa shape index (κ2) is 10.4. The first kappa shape index (κ1) is 23.4. The maximum absolute atomic E-state index is 12.7. The van der Waals surface area contributed by atoms with Crippen LogP contribution in [0.3, 0.4) is 0 Å². The zero-order chi connectivity index (χ0) is 24.8. The van der Waals surface area contributed by atoms with Gasteiger partial charge in [0.05, 0.1) is 23.8 Å². The van der Waals surface area contributed by atoms with Gasteiger partial charge in [0.1, 0.15) is 35.4 Å². The minimum absolute atomic E-state index is 0.0295. The van der Waals surface area contributed by atoms with E-state index in [1.807, 2.05) is 19.1 Å². The highest BCUT2D eigenvalue weighted by atomic mass is 16.6. The average Bonchev–Trinajstić information content (AvgIpc) is 3.32. The van der Waals surface area contributed by atoms with Crippen LogP contribution in [0.25, 0.3) is 0 Å². The standard InChI is InChI=1S/C26H22N2O7/c1-17-5-3-8-22(11-17)34-24-13-18(12-19(14-24)28(30)31)27-26(29)25-10-9-23(35-25)16-33-21-7-4-6-20(15-21)32-2/h3-15H,16H2,1-2H3,(H,27,29). The SMILES string of the molecule is COc1cccc(OCc2ccc(C(=O)Nc3cc(Oc4cccc(C)c4)cc([N+](=O)[O-])c3)o2)c1. The van der Waals surface area contributed by atoms with Crippen molar-refractivity contribution in [2.45, 2.75) is 13.5 Å². The van der Waals surface area contributed by atoms with Gasteiger partial charge >= 0.3 is 0 Å². The fourth-order valence-corrected chi connectivity index (χ4v) is 3.25. The predicted octanol–water partition coefficient (Wildman–Crippen LogP) is 6.13. The van der Waals surface area contributed by atoms with Crippen LogP contribution in [-0.2, 0) is 6.61 Å². The van der Waals surface area contributed by atoms with Crippen LogP contribution in [0, 0.1) is 17.0 Å². The minimum atomic E-state index is -0.570. The fourth-order valence-electron chi connectivity index (χ4n) is 3.25. The number of nitro benzene ring substituents is 1. The Morgan fingerprint density at radius 2 is 1.71 bits per heavy atom. The molecular formula is C26H22N2O7. The maximum atomic E-state index is 12.7. The first-order valence-electron chi connectivity index (χ1n) is 10.6. The van der Waals surface area contributed by atoms with E-state index in [2.05, 4.69) is 5.32 Å². The molecular weight excluding hydrogens is 452 g/mol. The molecule has 1 amide bonds. The first-order valence-corrected chi connectivity index (χ1v) is 10.6. The zero-order valence-electron chi connectivity index (χ0n) is 19.0. The van der Waals surface area contributed by atoms with E-state index in [9.17, 15) is 14.9 Å². The number of methoxy groups -OCH3 is 1. The van der Waals surface area contributed by atoms with Crippen LogP contribution in [0.2, 0.25) is 0 Å². The number of carbonyl (C=O) groups excluding carboxylic acids is 1. The number of nitro groups is 1. The van der Waals surface area contributed by atoms with Gasteiger partial charge in [0, 0.05) is 18.2 Å². The Morgan fingerprint density at radius 1 is 0.943 bits per heavy atom. The van der Waals surface area contributed by atoms with E-state index in [0.29, 0.717) is 23.0 Å². The number of hydrogen-bond donors (Lipinski definition) is 1. The average molecular weight is 474 g/mol. The number of hydrogen-bond acceptors (Lipinski definition) is 7. The summed E-state index contributed by atoms with van der Waals surface area (Å²) in [5.41, 5.74) is 0.945.